The molecule has 0 unspecified atom stereocenters. The third kappa shape index (κ3) is 2.28. The third-order valence-electron chi connectivity index (χ3n) is 2.56. The van der Waals surface area contributed by atoms with Gasteiger partial charge >= 0.3 is 5.97 Å². The molecule has 1 saturated heterocycles. The van der Waals surface area contributed by atoms with Crippen LogP contribution in [0.3, 0.4) is 0 Å². The average molecular weight is 239 g/mol. The molecule has 1 aliphatic heterocycles. The van der Waals surface area contributed by atoms with Crippen molar-refractivity contribution in [3.63, 3.8) is 0 Å². The van der Waals surface area contributed by atoms with Crippen LogP contribution in [0.25, 0.3) is 0 Å². The smallest absolute Gasteiger partial charge is 0.339 e. The summed E-state index contributed by atoms with van der Waals surface area (Å²) in [6, 6.07) is 0. The average Bonchev–Trinajstić information content (AvgIpc) is 2.72. The molecule has 1 N–H and O–H groups in total. The molecule has 2 heterocycles. The van der Waals surface area contributed by atoms with E-state index in [4.69, 9.17) is 9.84 Å². The topological polar surface area (TPSA) is 84.7 Å². The van der Waals surface area contributed by atoms with Gasteiger partial charge in [-0.15, -0.1) is 0 Å². The second kappa shape index (κ2) is 4.54. The maximum atomic E-state index is 12.1. The lowest BCUT2D eigenvalue weighted by Crippen LogP contribution is -2.41. The van der Waals surface area contributed by atoms with Crippen LogP contribution in [0.2, 0.25) is 0 Å². The lowest BCUT2D eigenvalue weighted by Gasteiger charge is -2.26. The molecule has 0 radical (unpaired) electrons. The molecule has 1 aliphatic rings. The Bertz CT molecular complexity index is 448. The van der Waals surface area contributed by atoms with Gasteiger partial charge in [0.15, 0.2) is 5.69 Å². The molecule has 0 aromatic carbocycles. The summed E-state index contributed by atoms with van der Waals surface area (Å²) in [4.78, 5) is 24.6. The number of hydrogen-bond donors (Lipinski definition) is 1. The number of rotatable bonds is 2. The summed E-state index contributed by atoms with van der Waals surface area (Å²) < 4.78 is 6.46. The molecule has 0 spiro atoms. The molecule has 7 heteroatoms. The summed E-state index contributed by atoms with van der Waals surface area (Å²) in [6.45, 7) is 1.88. The van der Waals surface area contributed by atoms with Crippen molar-refractivity contribution in [2.75, 3.05) is 26.3 Å². The molecule has 0 aliphatic carbocycles. The Morgan fingerprint density at radius 1 is 1.41 bits per heavy atom. The summed E-state index contributed by atoms with van der Waals surface area (Å²) in [7, 11) is 1.59. The van der Waals surface area contributed by atoms with Crippen molar-refractivity contribution in [1.82, 2.24) is 14.7 Å². The van der Waals surface area contributed by atoms with Gasteiger partial charge in [-0.3, -0.25) is 9.48 Å². The minimum Gasteiger partial charge on any atom is -0.478 e. The van der Waals surface area contributed by atoms with E-state index < -0.39 is 5.97 Å². The highest BCUT2D eigenvalue weighted by Gasteiger charge is 2.26. The highest BCUT2D eigenvalue weighted by atomic mass is 16.5. The van der Waals surface area contributed by atoms with Gasteiger partial charge in [0.2, 0.25) is 0 Å². The molecular weight excluding hydrogens is 226 g/mol. The van der Waals surface area contributed by atoms with Crippen LogP contribution in [-0.2, 0) is 11.8 Å². The molecule has 1 fully saturated rings. The number of hydrogen-bond acceptors (Lipinski definition) is 4. The van der Waals surface area contributed by atoms with Crippen molar-refractivity contribution in [3.05, 3.63) is 17.5 Å². The molecule has 0 atom stereocenters. The molecule has 7 nitrogen and oxygen atoms in total. The van der Waals surface area contributed by atoms with Gasteiger partial charge in [0, 0.05) is 26.3 Å². The SMILES string of the molecule is Cn1cc(C(=O)O)c(C(=O)N2CCOCC2)n1. The molecular formula is C10H13N3O4. The van der Waals surface area contributed by atoms with Crippen LogP contribution >= 0.6 is 0 Å². The van der Waals surface area contributed by atoms with Crippen LogP contribution in [0.15, 0.2) is 6.20 Å². The fourth-order valence-corrected chi connectivity index (χ4v) is 1.72. The van der Waals surface area contributed by atoms with Gasteiger partial charge in [0.25, 0.3) is 5.91 Å². The first kappa shape index (κ1) is 11.6. The van der Waals surface area contributed by atoms with E-state index in [2.05, 4.69) is 5.10 Å². The van der Waals surface area contributed by atoms with Crippen LogP contribution in [0.5, 0.6) is 0 Å². The van der Waals surface area contributed by atoms with E-state index in [-0.39, 0.29) is 17.2 Å². The number of aryl methyl sites for hydroxylation is 1. The lowest BCUT2D eigenvalue weighted by atomic mass is 10.2. The second-order valence-corrected chi connectivity index (χ2v) is 3.77. The van der Waals surface area contributed by atoms with Crippen molar-refractivity contribution >= 4 is 11.9 Å². The lowest BCUT2D eigenvalue weighted by molar-refractivity contribution is 0.0296. The monoisotopic (exact) mass is 239 g/mol. The van der Waals surface area contributed by atoms with Crippen molar-refractivity contribution in [3.8, 4) is 0 Å². The first-order valence-corrected chi connectivity index (χ1v) is 5.23. The minimum absolute atomic E-state index is 0.0121. The van der Waals surface area contributed by atoms with E-state index in [9.17, 15) is 9.59 Å². The molecule has 1 aromatic heterocycles. The number of aromatic nitrogens is 2. The van der Waals surface area contributed by atoms with Gasteiger partial charge in [0.1, 0.15) is 5.56 Å². The first-order valence-electron chi connectivity index (χ1n) is 5.23. The Labute approximate surface area is 97.6 Å². The molecule has 17 heavy (non-hydrogen) atoms. The number of carbonyl (C=O) groups is 2. The molecule has 0 bridgehead atoms. The van der Waals surface area contributed by atoms with Crippen LogP contribution < -0.4 is 0 Å². The predicted octanol–water partition coefficient (Wildman–Crippen LogP) is -0.409. The van der Waals surface area contributed by atoms with Crippen LogP contribution in [0.4, 0.5) is 0 Å². The number of carbonyl (C=O) groups excluding carboxylic acids is 1. The van der Waals surface area contributed by atoms with E-state index in [0.717, 1.165) is 0 Å². The van der Waals surface area contributed by atoms with E-state index in [1.807, 2.05) is 0 Å². The number of morpholine rings is 1. The molecule has 0 saturated carbocycles. The molecule has 1 amide bonds. The number of nitrogens with zero attached hydrogens (tertiary/aromatic N) is 3. The van der Waals surface area contributed by atoms with Gasteiger partial charge in [-0.05, 0) is 0 Å². The molecule has 92 valence electrons. The Balaban J connectivity index is 2.26. The maximum Gasteiger partial charge on any atom is 0.339 e. The first-order chi connectivity index (χ1) is 8.09. The zero-order valence-corrected chi connectivity index (χ0v) is 9.42. The van der Waals surface area contributed by atoms with Gasteiger partial charge in [0.05, 0.1) is 13.2 Å². The Morgan fingerprint density at radius 2 is 2.06 bits per heavy atom. The minimum atomic E-state index is -1.14. The predicted molar refractivity (Wildman–Crippen MR) is 56.9 cm³/mol. The van der Waals surface area contributed by atoms with Crippen molar-refractivity contribution in [2.24, 2.45) is 7.05 Å². The standard InChI is InChI=1S/C10H13N3O4/c1-12-6-7(10(15)16)8(11-12)9(14)13-2-4-17-5-3-13/h6H,2-5H2,1H3,(H,15,16). The van der Waals surface area contributed by atoms with Gasteiger partial charge < -0.3 is 14.7 Å². The fraction of sp³-hybridized carbons (Fsp3) is 0.500. The zero-order chi connectivity index (χ0) is 12.4. The number of carboxylic acid groups (broad SMARTS) is 1. The van der Waals surface area contributed by atoms with Crippen LogP contribution in [0.1, 0.15) is 20.8 Å². The van der Waals surface area contributed by atoms with E-state index in [1.165, 1.54) is 10.9 Å². The van der Waals surface area contributed by atoms with Crippen LogP contribution in [0, 0.1) is 0 Å². The number of aromatic carboxylic acids is 1. The zero-order valence-electron chi connectivity index (χ0n) is 9.42. The molecule has 2 rings (SSSR count). The summed E-state index contributed by atoms with van der Waals surface area (Å²) in [5, 5.41) is 12.9. The fourth-order valence-electron chi connectivity index (χ4n) is 1.72. The Morgan fingerprint density at radius 3 is 2.65 bits per heavy atom. The Hall–Kier alpha value is -1.89. The summed E-state index contributed by atoms with van der Waals surface area (Å²) in [6.07, 6.45) is 1.33. The van der Waals surface area contributed by atoms with Crippen molar-refractivity contribution in [2.45, 2.75) is 0 Å². The largest absolute Gasteiger partial charge is 0.478 e. The third-order valence-corrected chi connectivity index (χ3v) is 2.56. The summed E-state index contributed by atoms with van der Waals surface area (Å²) in [5.74, 6) is -1.50. The van der Waals surface area contributed by atoms with Gasteiger partial charge in [-0.25, -0.2) is 4.79 Å². The second-order valence-electron chi connectivity index (χ2n) is 3.77. The normalized spacial score (nSPS) is 15.9. The molecule has 1 aromatic rings. The number of ether oxygens (including phenoxy) is 1. The van der Waals surface area contributed by atoms with Gasteiger partial charge in [-0.2, -0.15) is 5.10 Å². The van der Waals surface area contributed by atoms with E-state index in [1.54, 1.807) is 11.9 Å². The quantitative estimate of drug-likeness (QED) is 0.758. The number of amides is 1. The van der Waals surface area contributed by atoms with E-state index >= 15 is 0 Å². The Kier molecular flexibility index (Phi) is 3.10. The van der Waals surface area contributed by atoms with Crippen molar-refractivity contribution < 1.29 is 19.4 Å². The van der Waals surface area contributed by atoms with Crippen molar-refractivity contribution in [1.29, 1.82) is 0 Å². The highest BCUT2D eigenvalue weighted by molar-refractivity contribution is 6.03. The maximum absolute atomic E-state index is 12.1. The summed E-state index contributed by atoms with van der Waals surface area (Å²) >= 11 is 0. The van der Waals surface area contributed by atoms with Crippen LogP contribution in [-0.4, -0.2) is 58.0 Å². The van der Waals surface area contributed by atoms with E-state index in [0.29, 0.717) is 26.3 Å². The highest BCUT2D eigenvalue weighted by Crippen LogP contribution is 2.11. The van der Waals surface area contributed by atoms with Gasteiger partial charge in [-0.1, -0.05) is 0 Å². The number of carboxylic acids is 1. The summed E-state index contributed by atoms with van der Waals surface area (Å²) in [5.41, 5.74) is -0.0779.